The predicted molar refractivity (Wildman–Crippen MR) is 50.4 cm³/mol. The predicted octanol–water partition coefficient (Wildman–Crippen LogP) is -0.421. The minimum atomic E-state index is -0.247. The average Bonchev–Trinajstić information content (AvgIpc) is 2.04. The number of amides is 1. The van der Waals surface area contributed by atoms with Gasteiger partial charge in [-0.15, -0.1) is 0 Å². The van der Waals surface area contributed by atoms with E-state index in [9.17, 15) is 9.90 Å². The molecule has 13 heavy (non-hydrogen) atoms. The SMILES string of the molecule is CCNC(=O)CN1CCC[C@H](O)C1. The molecule has 76 valence electrons. The topological polar surface area (TPSA) is 52.6 Å². The number of β-amino-alcohol motifs (C(OH)–C–C–N with tert-alkyl or cyclic N) is 1. The first-order valence-electron chi connectivity index (χ1n) is 4.89. The van der Waals surface area contributed by atoms with Crippen LogP contribution in [0.1, 0.15) is 19.8 Å². The molecule has 0 spiro atoms. The third-order valence-corrected chi connectivity index (χ3v) is 2.22. The van der Waals surface area contributed by atoms with E-state index < -0.39 is 0 Å². The largest absolute Gasteiger partial charge is 0.392 e. The summed E-state index contributed by atoms with van der Waals surface area (Å²) in [6.07, 6.45) is 1.61. The van der Waals surface area contributed by atoms with Crippen LogP contribution < -0.4 is 5.32 Å². The van der Waals surface area contributed by atoms with Crippen LogP contribution in [0.25, 0.3) is 0 Å². The van der Waals surface area contributed by atoms with E-state index >= 15 is 0 Å². The van der Waals surface area contributed by atoms with Gasteiger partial charge in [-0.25, -0.2) is 0 Å². The van der Waals surface area contributed by atoms with Gasteiger partial charge in [0, 0.05) is 13.1 Å². The first-order valence-corrected chi connectivity index (χ1v) is 4.89. The molecule has 1 heterocycles. The lowest BCUT2D eigenvalue weighted by molar-refractivity contribution is -0.122. The molecule has 1 atom stereocenters. The lowest BCUT2D eigenvalue weighted by Crippen LogP contribution is -2.44. The van der Waals surface area contributed by atoms with Crippen LogP contribution in [0.5, 0.6) is 0 Å². The van der Waals surface area contributed by atoms with Crippen LogP contribution in [0.15, 0.2) is 0 Å². The fraction of sp³-hybridized carbons (Fsp3) is 0.889. The summed E-state index contributed by atoms with van der Waals surface area (Å²) in [5, 5.41) is 12.1. The van der Waals surface area contributed by atoms with Crippen molar-refractivity contribution in [1.82, 2.24) is 10.2 Å². The lowest BCUT2D eigenvalue weighted by atomic mass is 10.1. The lowest BCUT2D eigenvalue weighted by Gasteiger charge is -2.29. The molecule has 0 aliphatic carbocycles. The van der Waals surface area contributed by atoms with Crippen LogP contribution in [-0.4, -0.2) is 48.2 Å². The van der Waals surface area contributed by atoms with Crippen LogP contribution in [-0.2, 0) is 4.79 Å². The number of aliphatic hydroxyl groups is 1. The fourth-order valence-electron chi connectivity index (χ4n) is 1.63. The van der Waals surface area contributed by atoms with Gasteiger partial charge in [0.25, 0.3) is 0 Å². The van der Waals surface area contributed by atoms with Gasteiger partial charge in [0.05, 0.1) is 12.6 Å². The molecule has 0 aromatic carbocycles. The van der Waals surface area contributed by atoms with Gasteiger partial charge < -0.3 is 10.4 Å². The summed E-state index contributed by atoms with van der Waals surface area (Å²) in [7, 11) is 0. The maximum Gasteiger partial charge on any atom is 0.234 e. The molecule has 0 saturated carbocycles. The summed E-state index contributed by atoms with van der Waals surface area (Å²) in [5.74, 6) is 0.0524. The zero-order chi connectivity index (χ0) is 9.68. The summed E-state index contributed by atoms with van der Waals surface area (Å²) in [6, 6.07) is 0. The van der Waals surface area contributed by atoms with Gasteiger partial charge >= 0.3 is 0 Å². The summed E-state index contributed by atoms with van der Waals surface area (Å²) < 4.78 is 0. The quantitative estimate of drug-likeness (QED) is 0.629. The Kier molecular flexibility index (Phi) is 4.18. The fourth-order valence-corrected chi connectivity index (χ4v) is 1.63. The van der Waals surface area contributed by atoms with Crippen LogP contribution in [0, 0.1) is 0 Å². The van der Waals surface area contributed by atoms with Crippen molar-refractivity contribution in [3.05, 3.63) is 0 Å². The minimum absolute atomic E-state index is 0.0524. The number of carbonyl (C=O) groups excluding carboxylic acids is 1. The normalized spacial score (nSPS) is 24.3. The number of nitrogens with one attached hydrogen (secondary N) is 1. The van der Waals surface area contributed by atoms with Gasteiger partial charge in [0.15, 0.2) is 0 Å². The molecule has 2 N–H and O–H groups in total. The Balaban J connectivity index is 2.23. The molecule has 1 aliphatic heterocycles. The summed E-state index contributed by atoms with van der Waals surface area (Å²) in [4.78, 5) is 13.2. The highest BCUT2D eigenvalue weighted by atomic mass is 16.3. The molecule has 1 fully saturated rings. The molecule has 0 unspecified atom stereocenters. The molecule has 0 aromatic heterocycles. The Bertz CT molecular complexity index is 173. The van der Waals surface area contributed by atoms with Crippen molar-refractivity contribution in [1.29, 1.82) is 0 Å². The van der Waals surface area contributed by atoms with Crippen LogP contribution in [0.2, 0.25) is 0 Å². The van der Waals surface area contributed by atoms with E-state index in [2.05, 4.69) is 5.32 Å². The monoisotopic (exact) mass is 186 g/mol. The van der Waals surface area contributed by atoms with Crippen LogP contribution >= 0.6 is 0 Å². The number of nitrogens with zero attached hydrogens (tertiary/aromatic N) is 1. The standard InChI is InChI=1S/C9H18N2O2/c1-2-10-9(13)7-11-5-3-4-8(12)6-11/h8,12H,2-7H2,1H3,(H,10,13)/t8-/m0/s1. The molecular weight excluding hydrogens is 168 g/mol. The summed E-state index contributed by atoms with van der Waals surface area (Å²) in [5.41, 5.74) is 0. The molecule has 1 aliphatic rings. The maximum atomic E-state index is 11.2. The first kappa shape index (κ1) is 10.5. The van der Waals surface area contributed by atoms with E-state index in [1.165, 1.54) is 0 Å². The number of aliphatic hydroxyl groups excluding tert-OH is 1. The van der Waals surface area contributed by atoms with E-state index in [4.69, 9.17) is 0 Å². The zero-order valence-electron chi connectivity index (χ0n) is 8.12. The highest BCUT2D eigenvalue weighted by Gasteiger charge is 2.18. The van der Waals surface area contributed by atoms with Gasteiger partial charge in [-0.3, -0.25) is 9.69 Å². The maximum absolute atomic E-state index is 11.2. The molecule has 4 heteroatoms. The van der Waals surface area contributed by atoms with Gasteiger partial charge in [-0.1, -0.05) is 0 Å². The number of likely N-dealkylation sites (tertiary alicyclic amines) is 1. The van der Waals surface area contributed by atoms with Gasteiger partial charge in [-0.2, -0.15) is 0 Å². The highest BCUT2D eigenvalue weighted by Crippen LogP contribution is 2.08. The summed E-state index contributed by atoms with van der Waals surface area (Å²) >= 11 is 0. The number of carbonyl (C=O) groups is 1. The van der Waals surface area contributed by atoms with Crippen molar-refractivity contribution >= 4 is 5.91 Å². The van der Waals surface area contributed by atoms with Crippen LogP contribution in [0.3, 0.4) is 0 Å². The van der Waals surface area contributed by atoms with E-state index in [1.54, 1.807) is 0 Å². The minimum Gasteiger partial charge on any atom is -0.392 e. The van der Waals surface area contributed by atoms with Crippen molar-refractivity contribution in [3.8, 4) is 0 Å². The molecule has 1 rings (SSSR count). The second-order valence-electron chi connectivity index (χ2n) is 3.48. The van der Waals surface area contributed by atoms with Gasteiger partial charge in [0.1, 0.15) is 0 Å². The third-order valence-electron chi connectivity index (χ3n) is 2.22. The Hall–Kier alpha value is -0.610. The summed E-state index contributed by atoms with van der Waals surface area (Å²) in [6.45, 7) is 4.56. The molecule has 1 amide bonds. The number of likely N-dealkylation sites (N-methyl/N-ethyl adjacent to an activating group) is 1. The van der Waals surface area contributed by atoms with Crippen LogP contribution in [0.4, 0.5) is 0 Å². The number of piperidine rings is 1. The van der Waals surface area contributed by atoms with E-state index in [-0.39, 0.29) is 12.0 Å². The van der Waals surface area contributed by atoms with E-state index in [0.717, 1.165) is 19.4 Å². The van der Waals surface area contributed by atoms with Crippen molar-refractivity contribution in [2.45, 2.75) is 25.9 Å². The third kappa shape index (κ3) is 3.74. The van der Waals surface area contributed by atoms with E-state index in [1.807, 2.05) is 11.8 Å². The number of hydrogen-bond donors (Lipinski definition) is 2. The molecular formula is C9H18N2O2. The Labute approximate surface area is 78.9 Å². The molecule has 0 aromatic rings. The molecule has 0 radical (unpaired) electrons. The van der Waals surface area contributed by atoms with E-state index in [0.29, 0.717) is 19.6 Å². The molecule has 0 bridgehead atoms. The second-order valence-corrected chi connectivity index (χ2v) is 3.48. The van der Waals surface area contributed by atoms with Gasteiger partial charge in [-0.05, 0) is 26.3 Å². The van der Waals surface area contributed by atoms with Crippen molar-refractivity contribution < 1.29 is 9.90 Å². The highest BCUT2D eigenvalue weighted by molar-refractivity contribution is 5.77. The second kappa shape index (κ2) is 5.19. The first-order chi connectivity index (χ1) is 6.22. The average molecular weight is 186 g/mol. The Morgan fingerprint density at radius 3 is 3.08 bits per heavy atom. The van der Waals surface area contributed by atoms with Crippen molar-refractivity contribution in [2.75, 3.05) is 26.2 Å². The van der Waals surface area contributed by atoms with Gasteiger partial charge in [0.2, 0.25) is 5.91 Å². The zero-order valence-corrected chi connectivity index (χ0v) is 8.12. The Morgan fingerprint density at radius 1 is 1.69 bits per heavy atom. The number of hydrogen-bond acceptors (Lipinski definition) is 3. The molecule has 1 saturated heterocycles. The van der Waals surface area contributed by atoms with Crippen molar-refractivity contribution in [2.24, 2.45) is 0 Å². The van der Waals surface area contributed by atoms with Crippen molar-refractivity contribution in [3.63, 3.8) is 0 Å². The smallest absolute Gasteiger partial charge is 0.234 e. The number of rotatable bonds is 3. The Morgan fingerprint density at radius 2 is 2.46 bits per heavy atom. The molecule has 4 nitrogen and oxygen atoms in total.